The van der Waals surface area contributed by atoms with Crippen molar-refractivity contribution in [2.24, 2.45) is 5.92 Å². The molecule has 0 nitrogen and oxygen atoms in total. The zero-order chi connectivity index (χ0) is 13.0. The van der Waals surface area contributed by atoms with Gasteiger partial charge in [-0.15, -0.1) is 0 Å². The monoisotopic (exact) mass is 238 g/mol. The van der Waals surface area contributed by atoms with E-state index in [1.807, 2.05) is 0 Å². The predicted octanol–water partition coefficient (Wildman–Crippen LogP) is 4.98. The van der Waals surface area contributed by atoms with Gasteiger partial charge in [-0.05, 0) is 41.9 Å². The van der Waals surface area contributed by atoms with Crippen LogP contribution in [0.15, 0.2) is 54.6 Å². The summed E-state index contributed by atoms with van der Waals surface area (Å²) in [7, 11) is 0. The third kappa shape index (κ3) is 3.01. The van der Waals surface area contributed by atoms with E-state index in [4.69, 9.17) is 0 Å². The second-order valence-electron chi connectivity index (χ2n) is 5.31. The van der Waals surface area contributed by atoms with Gasteiger partial charge in [0.25, 0.3) is 0 Å². The van der Waals surface area contributed by atoms with Crippen LogP contribution in [0, 0.1) is 12.8 Å². The Labute approximate surface area is 111 Å². The molecule has 2 rings (SSSR count). The van der Waals surface area contributed by atoms with Gasteiger partial charge < -0.3 is 0 Å². The normalized spacial score (nSPS) is 14.2. The molecule has 0 saturated heterocycles. The Kier molecular flexibility index (Phi) is 4.19. The third-order valence-electron chi connectivity index (χ3n) is 3.98. The smallest absolute Gasteiger partial charge is 0.0161 e. The van der Waals surface area contributed by atoms with Gasteiger partial charge in [0.15, 0.2) is 0 Å². The summed E-state index contributed by atoms with van der Waals surface area (Å²) in [5.74, 6) is 1.26. The molecule has 2 aromatic carbocycles. The summed E-state index contributed by atoms with van der Waals surface area (Å²) in [6.07, 6.45) is 1.16. The second-order valence-corrected chi connectivity index (χ2v) is 5.31. The third-order valence-corrected chi connectivity index (χ3v) is 3.98. The van der Waals surface area contributed by atoms with Crippen molar-refractivity contribution in [2.75, 3.05) is 0 Å². The van der Waals surface area contributed by atoms with Gasteiger partial charge in [0, 0.05) is 0 Å². The zero-order valence-corrected chi connectivity index (χ0v) is 11.6. The maximum absolute atomic E-state index is 2.35. The summed E-state index contributed by atoms with van der Waals surface area (Å²) in [6, 6.07) is 19.5. The number of hydrogen-bond acceptors (Lipinski definition) is 0. The molecule has 0 aliphatic rings. The Balaban J connectivity index is 2.09. The van der Waals surface area contributed by atoms with Gasteiger partial charge in [0.2, 0.25) is 0 Å². The highest BCUT2D eigenvalue weighted by Crippen LogP contribution is 2.27. The van der Waals surface area contributed by atoms with Crippen molar-refractivity contribution in [3.63, 3.8) is 0 Å². The van der Waals surface area contributed by atoms with Gasteiger partial charge in [-0.2, -0.15) is 0 Å². The average Bonchev–Trinajstić information content (AvgIpc) is 2.41. The molecule has 0 N–H and O–H groups in total. The van der Waals surface area contributed by atoms with E-state index in [-0.39, 0.29) is 0 Å². The van der Waals surface area contributed by atoms with Crippen LogP contribution in [0.3, 0.4) is 0 Å². The van der Waals surface area contributed by atoms with Crippen molar-refractivity contribution in [3.8, 4) is 0 Å². The Morgan fingerprint density at radius 2 is 1.44 bits per heavy atom. The molecule has 0 saturated carbocycles. The summed E-state index contributed by atoms with van der Waals surface area (Å²) < 4.78 is 0. The van der Waals surface area contributed by atoms with Gasteiger partial charge >= 0.3 is 0 Å². The van der Waals surface area contributed by atoms with Crippen LogP contribution in [0.2, 0.25) is 0 Å². The van der Waals surface area contributed by atoms with E-state index in [1.54, 1.807) is 0 Å². The fourth-order valence-corrected chi connectivity index (χ4v) is 2.45. The first-order valence-corrected chi connectivity index (χ1v) is 6.78. The number of hydrogen-bond donors (Lipinski definition) is 0. The van der Waals surface area contributed by atoms with E-state index in [0.717, 1.165) is 6.42 Å². The van der Waals surface area contributed by atoms with E-state index in [2.05, 4.69) is 75.4 Å². The van der Waals surface area contributed by atoms with Crippen LogP contribution in [0.25, 0.3) is 0 Å². The fourth-order valence-electron chi connectivity index (χ4n) is 2.45. The molecular weight excluding hydrogens is 216 g/mol. The molecule has 94 valence electrons. The number of benzene rings is 2. The molecule has 2 atom stereocenters. The second kappa shape index (κ2) is 5.86. The minimum atomic E-state index is 0.603. The molecule has 0 fully saturated rings. The molecule has 0 aliphatic heterocycles. The lowest BCUT2D eigenvalue weighted by atomic mass is 9.84. The Hall–Kier alpha value is -1.56. The fraction of sp³-hybridized carbons (Fsp3) is 0.333. The lowest BCUT2D eigenvalue weighted by Crippen LogP contribution is -2.10. The van der Waals surface area contributed by atoms with E-state index < -0.39 is 0 Å². The van der Waals surface area contributed by atoms with Crippen LogP contribution in [0.5, 0.6) is 0 Å². The first kappa shape index (κ1) is 12.9. The van der Waals surface area contributed by atoms with Crippen molar-refractivity contribution < 1.29 is 0 Å². The summed E-state index contributed by atoms with van der Waals surface area (Å²) in [5.41, 5.74) is 4.33. The van der Waals surface area contributed by atoms with Crippen LogP contribution in [0.1, 0.15) is 36.5 Å². The van der Waals surface area contributed by atoms with Gasteiger partial charge in [-0.1, -0.05) is 68.4 Å². The van der Waals surface area contributed by atoms with Crippen molar-refractivity contribution in [1.82, 2.24) is 0 Å². The van der Waals surface area contributed by atoms with Crippen LogP contribution in [0.4, 0.5) is 0 Å². The van der Waals surface area contributed by atoms with Crippen LogP contribution >= 0.6 is 0 Å². The Bertz CT molecular complexity index is 484. The van der Waals surface area contributed by atoms with E-state index >= 15 is 0 Å². The summed E-state index contributed by atoms with van der Waals surface area (Å²) in [5, 5.41) is 0. The predicted molar refractivity (Wildman–Crippen MR) is 78.9 cm³/mol. The van der Waals surface area contributed by atoms with Gasteiger partial charge in [0.1, 0.15) is 0 Å². The molecule has 0 heteroatoms. The molecule has 0 bridgehead atoms. The SMILES string of the molecule is Cc1ccccc1CC(C)C(C)c1ccccc1. The lowest BCUT2D eigenvalue weighted by molar-refractivity contribution is 0.484. The highest BCUT2D eigenvalue weighted by atomic mass is 14.2. The molecule has 0 aromatic heterocycles. The highest BCUT2D eigenvalue weighted by Gasteiger charge is 2.15. The zero-order valence-electron chi connectivity index (χ0n) is 11.6. The Morgan fingerprint density at radius 1 is 0.833 bits per heavy atom. The molecule has 18 heavy (non-hydrogen) atoms. The maximum Gasteiger partial charge on any atom is -0.0161 e. The first-order chi connectivity index (χ1) is 8.68. The minimum Gasteiger partial charge on any atom is -0.0622 e. The maximum atomic E-state index is 2.35. The highest BCUT2D eigenvalue weighted by molar-refractivity contribution is 5.27. The van der Waals surface area contributed by atoms with Crippen molar-refractivity contribution in [1.29, 1.82) is 0 Å². The first-order valence-electron chi connectivity index (χ1n) is 6.78. The standard InChI is InChI=1S/C18H22/c1-14-9-7-8-12-18(14)13-15(2)16(3)17-10-5-4-6-11-17/h4-12,15-16H,13H2,1-3H3. The van der Waals surface area contributed by atoms with Gasteiger partial charge in [-0.3, -0.25) is 0 Å². The molecule has 0 radical (unpaired) electrons. The molecule has 2 unspecified atom stereocenters. The van der Waals surface area contributed by atoms with Gasteiger partial charge in [0.05, 0.1) is 0 Å². The van der Waals surface area contributed by atoms with Crippen LogP contribution in [-0.4, -0.2) is 0 Å². The van der Waals surface area contributed by atoms with Crippen molar-refractivity contribution in [3.05, 3.63) is 71.3 Å². The minimum absolute atomic E-state index is 0.603. The molecule has 0 spiro atoms. The molecular formula is C18H22. The molecule has 2 aromatic rings. The van der Waals surface area contributed by atoms with Crippen LogP contribution < -0.4 is 0 Å². The molecule has 0 heterocycles. The summed E-state index contributed by atoms with van der Waals surface area (Å²) in [4.78, 5) is 0. The van der Waals surface area contributed by atoms with Crippen molar-refractivity contribution in [2.45, 2.75) is 33.1 Å². The topological polar surface area (TPSA) is 0 Å². The van der Waals surface area contributed by atoms with E-state index in [9.17, 15) is 0 Å². The average molecular weight is 238 g/mol. The number of aryl methyl sites for hydroxylation is 1. The van der Waals surface area contributed by atoms with E-state index in [1.165, 1.54) is 16.7 Å². The summed E-state index contributed by atoms with van der Waals surface area (Å²) in [6.45, 7) is 6.89. The van der Waals surface area contributed by atoms with E-state index in [0.29, 0.717) is 11.8 Å². The summed E-state index contributed by atoms with van der Waals surface area (Å²) >= 11 is 0. The largest absolute Gasteiger partial charge is 0.0622 e. The number of rotatable bonds is 4. The Morgan fingerprint density at radius 3 is 2.11 bits per heavy atom. The van der Waals surface area contributed by atoms with Crippen molar-refractivity contribution >= 4 is 0 Å². The van der Waals surface area contributed by atoms with Crippen LogP contribution in [-0.2, 0) is 6.42 Å². The lowest BCUT2D eigenvalue weighted by Gasteiger charge is -2.21. The molecule has 0 aliphatic carbocycles. The quantitative estimate of drug-likeness (QED) is 0.705. The van der Waals surface area contributed by atoms with Gasteiger partial charge in [-0.25, -0.2) is 0 Å². The molecule has 0 amide bonds.